The normalized spacial score (nSPS) is 17.1. The van der Waals surface area contributed by atoms with E-state index in [9.17, 15) is 0 Å². The van der Waals surface area contributed by atoms with E-state index in [0.717, 1.165) is 25.3 Å². The Hall–Kier alpha value is -0.440. The molecule has 1 saturated heterocycles. The molecular weight excluding hydrogens is 219 g/mol. The molecule has 0 unspecified atom stereocenters. The molecule has 0 aliphatic carbocycles. The van der Waals surface area contributed by atoms with E-state index in [2.05, 4.69) is 16.8 Å². The summed E-state index contributed by atoms with van der Waals surface area (Å²) in [4.78, 5) is 2.13. The molecule has 0 spiro atoms. The topological polar surface area (TPSA) is 15.3 Å². The van der Waals surface area contributed by atoms with Gasteiger partial charge in [-0.05, 0) is 12.1 Å². The third kappa shape index (κ3) is 1.97. The number of nitrogens with zero attached hydrogens (tertiary/aromatic N) is 1. The summed E-state index contributed by atoms with van der Waals surface area (Å²) in [5.41, 5.74) is 0.987. The van der Waals surface area contributed by atoms with Crippen molar-refractivity contribution in [3.05, 3.63) is 34.8 Å². The van der Waals surface area contributed by atoms with Crippen molar-refractivity contribution in [3.63, 3.8) is 0 Å². The van der Waals surface area contributed by atoms with Gasteiger partial charge in [-0.25, -0.2) is 0 Å². The summed E-state index contributed by atoms with van der Waals surface area (Å²) in [5.74, 6) is 0. The van der Waals surface area contributed by atoms with Crippen molar-refractivity contribution in [1.29, 1.82) is 0 Å². The van der Waals surface area contributed by atoms with Gasteiger partial charge in [-0.2, -0.15) is 0 Å². The maximum absolute atomic E-state index is 6.11. The molecular formula is C10H11Cl2N2. The maximum atomic E-state index is 6.11. The summed E-state index contributed by atoms with van der Waals surface area (Å²) in [5, 5.41) is 4.48. The molecule has 0 bridgehead atoms. The van der Waals surface area contributed by atoms with Crippen LogP contribution in [0.1, 0.15) is 0 Å². The summed E-state index contributed by atoms with van der Waals surface area (Å²) in [6, 6.07) is 5.70. The van der Waals surface area contributed by atoms with Crippen LogP contribution in [0, 0.1) is 6.54 Å². The zero-order valence-corrected chi connectivity index (χ0v) is 9.15. The monoisotopic (exact) mass is 229 g/mol. The molecule has 1 aliphatic heterocycles. The second-order valence-electron chi connectivity index (χ2n) is 3.15. The Morgan fingerprint density at radius 1 is 1.29 bits per heavy atom. The molecule has 0 saturated carbocycles. The molecule has 0 aromatic heterocycles. The molecule has 4 heteroatoms. The summed E-state index contributed by atoms with van der Waals surface area (Å²) < 4.78 is 0. The summed E-state index contributed by atoms with van der Waals surface area (Å²) in [7, 11) is 0. The van der Waals surface area contributed by atoms with Crippen molar-refractivity contribution >= 4 is 28.9 Å². The number of benzene rings is 1. The molecule has 1 radical (unpaired) electrons. The molecule has 0 amide bonds. The molecule has 1 fully saturated rings. The molecule has 1 N–H and O–H groups in total. The van der Waals surface area contributed by atoms with Crippen molar-refractivity contribution in [1.82, 2.24) is 5.32 Å². The van der Waals surface area contributed by atoms with Gasteiger partial charge in [-0.15, -0.1) is 0 Å². The Balaban J connectivity index is 2.26. The highest BCUT2D eigenvalue weighted by atomic mass is 35.5. The first-order chi connectivity index (χ1) is 6.79. The van der Waals surface area contributed by atoms with Crippen molar-refractivity contribution in [2.45, 2.75) is 0 Å². The number of rotatable bonds is 1. The fourth-order valence-corrected chi connectivity index (χ4v) is 1.90. The Labute approximate surface area is 93.8 Å². The van der Waals surface area contributed by atoms with E-state index < -0.39 is 0 Å². The van der Waals surface area contributed by atoms with E-state index in [1.807, 2.05) is 12.1 Å². The minimum atomic E-state index is 0.607. The minimum absolute atomic E-state index is 0.607. The number of hydrogen-bond acceptors (Lipinski definition) is 2. The van der Waals surface area contributed by atoms with Gasteiger partial charge in [0.25, 0.3) is 0 Å². The average molecular weight is 230 g/mol. The second kappa shape index (κ2) is 4.39. The summed E-state index contributed by atoms with van der Waals surface area (Å²) in [6.45, 7) is 4.86. The smallest absolute Gasteiger partial charge is 0.0825 e. The first-order valence-corrected chi connectivity index (χ1v) is 5.29. The van der Waals surface area contributed by atoms with Gasteiger partial charge in [-0.3, -0.25) is 0 Å². The molecule has 2 nitrogen and oxygen atoms in total. The molecule has 75 valence electrons. The van der Waals surface area contributed by atoms with Crippen LogP contribution in [-0.2, 0) is 0 Å². The SMILES string of the molecule is Clc1cccc(N2[CH]CNCC2)c1Cl. The van der Waals surface area contributed by atoms with Crippen LogP contribution in [-0.4, -0.2) is 19.6 Å². The molecule has 1 aromatic rings. The van der Waals surface area contributed by atoms with E-state index >= 15 is 0 Å². The van der Waals surface area contributed by atoms with Gasteiger partial charge in [0.1, 0.15) is 0 Å². The first-order valence-electron chi connectivity index (χ1n) is 4.54. The quantitative estimate of drug-likeness (QED) is 0.797. The first kappa shape index (κ1) is 10.1. The van der Waals surface area contributed by atoms with Crippen LogP contribution >= 0.6 is 23.2 Å². The predicted molar refractivity (Wildman–Crippen MR) is 61.0 cm³/mol. The molecule has 0 atom stereocenters. The Bertz CT molecular complexity index is 322. The van der Waals surface area contributed by atoms with E-state index in [-0.39, 0.29) is 0 Å². The van der Waals surface area contributed by atoms with Gasteiger partial charge in [-0.1, -0.05) is 29.3 Å². The molecule has 2 rings (SSSR count). The van der Waals surface area contributed by atoms with Crippen molar-refractivity contribution < 1.29 is 0 Å². The number of piperazine rings is 1. The van der Waals surface area contributed by atoms with E-state index in [1.165, 1.54) is 0 Å². The van der Waals surface area contributed by atoms with Crippen LogP contribution in [0.4, 0.5) is 5.69 Å². The third-order valence-electron chi connectivity index (χ3n) is 2.23. The minimum Gasteiger partial charge on any atom is -0.363 e. The van der Waals surface area contributed by atoms with Gasteiger partial charge in [0.15, 0.2) is 0 Å². The van der Waals surface area contributed by atoms with Crippen molar-refractivity contribution in [3.8, 4) is 0 Å². The fraction of sp³-hybridized carbons (Fsp3) is 0.300. The van der Waals surface area contributed by atoms with Gasteiger partial charge in [0.05, 0.1) is 22.3 Å². The highest BCUT2D eigenvalue weighted by molar-refractivity contribution is 6.43. The van der Waals surface area contributed by atoms with Crippen LogP contribution in [0.3, 0.4) is 0 Å². The zero-order valence-electron chi connectivity index (χ0n) is 7.63. The summed E-state index contributed by atoms with van der Waals surface area (Å²) >= 11 is 12.1. The predicted octanol–water partition coefficient (Wildman–Crippen LogP) is 2.56. The second-order valence-corrected chi connectivity index (χ2v) is 3.94. The highest BCUT2D eigenvalue weighted by Crippen LogP contribution is 2.32. The van der Waals surface area contributed by atoms with E-state index in [4.69, 9.17) is 23.2 Å². The Morgan fingerprint density at radius 2 is 2.14 bits per heavy atom. The number of hydrogen-bond donors (Lipinski definition) is 1. The largest absolute Gasteiger partial charge is 0.363 e. The summed E-state index contributed by atoms with van der Waals surface area (Å²) in [6.07, 6.45) is 0. The van der Waals surface area contributed by atoms with Gasteiger partial charge in [0.2, 0.25) is 0 Å². The van der Waals surface area contributed by atoms with Gasteiger partial charge < -0.3 is 10.2 Å². The van der Waals surface area contributed by atoms with Crippen LogP contribution < -0.4 is 10.2 Å². The number of nitrogens with one attached hydrogen (secondary N) is 1. The lowest BCUT2D eigenvalue weighted by molar-refractivity contribution is 0.640. The van der Waals surface area contributed by atoms with Crippen LogP contribution in [0.5, 0.6) is 0 Å². The van der Waals surface area contributed by atoms with Crippen LogP contribution in [0.15, 0.2) is 18.2 Å². The van der Waals surface area contributed by atoms with Crippen LogP contribution in [0.2, 0.25) is 10.0 Å². The number of anilines is 1. The molecule has 1 aliphatic rings. The van der Waals surface area contributed by atoms with Crippen LogP contribution in [0.25, 0.3) is 0 Å². The molecule has 14 heavy (non-hydrogen) atoms. The third-order valence-corrected chi connectivity index (χ3v) is 3.04. The molecule has 1 aromatic carbocycles. The molecule has 1 heterocycles. The van der Waals surface area contributed by atoms with Gasteiger partial charge in [0, 0.05) is 19.6 Å². The van der Waals surface area contributed by atoms with Crippen molar-refractivity contribution in [2.75, 3.05) is 24.5 Å². The Morgan fingerprint density at radius 3 is 2.86 bits per heavy atom. The lowest BCUT2D eigenvalue weighted by atomic mass is 10.2. The fourth-order valence-electron chi connectivity index (χ4n) is 1.50. The average Bonchev–Trinajstić information content (AvgIpc) is 2.23. The zero-order chi connectivity index (χ0) is 9.97. The number of halogens is 2. The Kier molecular flexibility index (Phi) is 3.16. The lowest BCUT2D eigenvalue weighted by Gasteiger charge is -2.29. The standard InChI is InChI=1S/C10H11Cl2N2/c11-8-2-1-3-9(10(8)12)14-6-4-13-5-7-14/h1-3,6,13H,4-5,7H2. The maximum Gasteiger partial charge on any atom is 0.0825 e. The highest BCUT2D eigenvalue weighted by Gasteiger charge is 2.14. The van der Waals surface area contributed by atoms with E-state index in [1.54, 1.807) is 6.07 Å². The van der Waals surface area contributed by atoms with Crippen molar-refractivity contribution in [2.24, 2.45) is 0 Å². The van der Waals surface area contributed by atoms with Gasteiger partial charge >= 0.3 is 0 Å². The lowest BCUT2D eigenvalue weighted by Crippen LogP contribution is -2.40. The van der Waals surface area contributed by atoms with E-state index in [0.29, 0.717) is 10.0 Å².